The third kappa shape index (κ3) is 8.01. The molecule has 0 unspecified atom stereocenters. The molecule has 0 spiro atoms. The van der Waals surface area contributed by atoms with Gasteiger partial charge in [-0.2, -0.15) is 0 Å². The highest BCUT2D eigenvalue weighted by molar-refractivity contribution is 5.61. The molecule has 1 N–H and O–H groups in total. The summed E-state index contributed by atoms with van der Waals surface area (Å²) in [6, 6.07) is 15.2. The topological polar surface area (TPSA) is 108 Å². The minimum Gasteiger partial charge on any atom is -0.494 e. The van der Waals surface area contributed by atoms with Crippen LogP contribution in [0.3, 0.4) is 0 Å². The first-order valence-corrected chi connectivity index (χ1v) is 17.3. The number of nitrogens with one attached hydrogen (secondary N) is 1. The van der Waals surface area contributed by atoms with Gasteiger partial charge in [0.2, 0.25) is 11.9 Å². The van der Waals surface area contributed by atoms with Crippen LogP contribution in [0.5, 0.6) is 5.75 Å². The highest BCUT2D eigenvalue weighted by Gasteiger charge is 2.34. The summed E-state index contributed by atoms with van der Waals surface area (Å²) >= 11 is 0. The maximum absolute atomic E-state index is 5.87. The number of likely N-dealkylation sites (tertiary alicyclic amines) is 1. The van der Waals surface area contributed by atoms with Crippen LogP contribution >= 0.6 is 0 Å². The summed E-state index contributed by atoms with van der Waals surface area (Å²) in [5, 5.41) is 2.22. The zero-order chi connectivity index (χ0) is 33.4. The van der Waals surface area contributed by atoms with Crippen molar-refractivity contribution in [3.05, 3.63) is 103 Å². The van der Waals surface area contributed by atoms with E-state index < -0.39 is 0 Å². The smallest absolute Gasteiger partial charge is 0.237 e. The molecule has 11 nitrogen and oxygen atoms in total. The Hall–Kier alpha value is -5.00. The van der Waals surface area contributed by atoms with E-state index >= 15 is 0 Å². The molecule has 5 aromatic rings. The van der Waals surface area contributed by atoms with Gasteiger partial charge in [-0.1, -0.05) is 24.3 Å². The first-order valence-electron chi connectivity index (χ1n) is 17.3. The average molecular weight is 657 g/mol. The molecule has 2 aliphatic heterocycles. The Balaban J connectivity index is 1.02. The lowest BCUT2D eigenvalue weighted by molar-refractivity contribution is 0.183. The van der Waals surface area contributed by atoms with E-state index in [2.05, 4.69) is 65.3 Å². The minimum absolute atomic E-state index is 0.332. The summed E-state index contributed by atoms with van der Waals surface area (Å²) < 4.78 is 5.87. The van der Waals surface area contributed by atoms with Gasteiger partial charge in [-0.05, 0) is 68.9 Å². The summed E-state index contributed by atoms with van der Waals surface area (Å²) in [7, 11) is 0. The second kappa shape index (κ2) is 15.5. The zero-order valence-electron chi connectivity index (χ0n) is 28.3. The Bertz CT molecular complexity index is 1760. The molecule has 11 heteroatoms. The van der Waals surface area contributed by atoms with Crippen molar-refractivity contribution in [1.29, 1.82) is 0 Å². The van der Waals surface area contributed by atoms with Crippen LogP contribution in [-0.4, -0.2) is 84.7 Å². The lowest BCUT2D eigenvalue weighted by atomic mass is 9.96. The van der Waals surface area contributed by atoms with E-state index in [0.29, 0.717) is 24.6 Å². The van der Waals surface area contributed by atoms with Crippen molar-refractivity contribution in [2.75, 3.05) is 43.1 Å². The van der Waals surface area contributed by atoms with Gasteiger partial charge < -0.3 is 9.64 Å². The van der Waals surface area contributed by atoms with Gasteiger partial charge in [0.15, 0.2) is 0 Å². The number of hydrogen-bond acceptors (Lipinski definition) is 11. The summed E-state index contributed by atoms with van der Waals surface area (Å²) in [5.41, 5.74) is 9.86. The summed E-state index contributed by atoms with van der Waals surface area (Å²) in [6.07, 6.45) is 18.9. The van der Waals surface area contributed by atoms with Crippen LogP contribution in [0.15, 0.2) is 92.0 Å². The maximum atomic E-state index is 5.87. The number of aryl methyl sites for hydroxylation is 1. The van der Waals surface area contributed by atoms with E-state index in [-0.39, 0.29) is 0 Å². The number of rotatable bonds is 11. The van der Waals surface area contributed by atoms with E-state index in [1.54, 1.807) is 12.4 Å². The molecule has 0 bridgehead atoms. The number of piperidine rings is 2. The van der Waals surface area contributed by atoms with E-state index in [0.717, 1.165) is 92.4 Å². The largest absolute Gasteiger partial charge is 0.494 e. The van der Waals surface area contributed by atoms with E-state index in [1.165, 1.54) is 11.1 Å². The van der Waals surface area contributed by atoms with Gasteiger partial charge in [0, 0.05) is 117 Å². The molecule has 7 rings (SSSR count). The van der Waals surface area contributed by atoms with Crippen LogP contribution in [0.25, 0.3) is 22.3 Å². The fraction of sp³-hybridized carbons (Fsp3) is 0.368. The van der Waals surface area contributed by atoms with E-state index in [1.807, 2.05) is 68.4 Å². The monoisotopic (exact) mass is 656 g/mol. The second-order valence-corrected chi connectivity index (χ2v) is 12.8. The normalized spacial score (nSPS) is 16.4. The van der Waals surface area contributed by atoms with Crippen LogP contribution in [0.2, 0.25) is 0 Å². The Labute approximate surface area is 288 Å². The summed E-state index contributed by atoms with van der Waals surface area (Å²) in [5.74, 6) is 2.40. The maximum Gasteiger partial charge on any atom is 0.237 e. The first kappa shape index (κ1) is 32.5. The Morgan fingerprint density at radius 1 is 0.735 bits per heavy atom. The Kier molecular flexibility index (Phi) is 10.3. The number of hydrogen-bond donors (Lipinski definition) is 1. The number of anilines is 2. The molecule has 0 atom stereocenters. The van der Waals surface area contributed by atoms with Crippen molar-refractivity contribution in [1.82, 2.24) is 39.8 Å². The van der Waals surface area contributed by atoms with Crippen molar-refractivity contribution in [2.24, 2.45) is 0 Å². The number of hydrazine groups is 1. The van der Waals surface area contributed by atoms with Gasteiger partial charge in [-0.15, -0.1) is 0 Å². The highest BCUT2D eigenvalue weighted by Crippen LogP contribution is 2.30. The standard InChI is InChI=1S/C38H44N10O/c1-3-49-36-20-29(9-8-28(36)2)27-46-16-10-34(11-17-46)48(38-43-25-33(26-44-38)31-7-5-15-40-22-31)35-12-18-47(19-13-35)45-37-41-23-32(24-42-37)30-6-4-14-39-21-30/h4-9,14-15,20-26,34-35H,3,10-13,16-19,27H2,1-2H3,(H,41,42,45). The molecule has 49 heavy (non-hydrogen) atoms. The predicted molar refractivity (Wildman–Crippen MR) is 192 cm³/mol. The molecule has 2 aliphatic rings. The van der Waals surface area contributed by atoms with Gasteiger partial charge >= 0.3 is 0 Å². The Morgan fingerprint density at radius 3 is 1.90 bits per heavy atom. The number of ether oxygens (including phenoxy) is 1. The van der Waals surface area contributed by atoms with Crippen LogP contribution in [0, 0.1) is 6.92 Å². The van der Waals surface area contributed by atoms with Crippen LogP contribution in [-0.2, 0) is 6.54 Å². The first-order chi connectivity index (χ1) is 24.1. The van der Waals surface area contributed by atoms with Gasteiger partial charge in [-0.3, -0.25) is 20.3 Å². The lowest BCUT2D eigenvalue weighted by Crippen LogP contribution is -2.53. The number of aromatic nitrogens is 6. The van der Waals surface area contributed by atoms with Gasteiger partial charge in [0.25, 0.3) is 0 Å². The van der Waals surface area contributed by atoms with Gasteiger partial charge in [-0.25, -0.2) is 24.9 Å². The highest BCUT2D eigenvalue weighted by atomic mass is 16.5. The molecule has 252 valence electrons. The SMILES string of the molecule is CCOc1cc(CN2CCC(N(c3ncc(-c4cccnc4)cn3)C3CCN(Nc4ncc(-c5cccnc5)cn4)CC3)CC2)ccc1C. The van der Waals surface area contributed by atoms with E-state index in [4.69, 9.17) is 14.7 Å². The molecule has 1 aromatic carbocycles. The molecular weight excluding hydrogens is 612 g/mol. The third-order valence-corrected chi connectivity index (χ3v) is 9.54. The van der Waals surface area contributed by atoms with Crippen LogP contribution < -0.4 is 15.1 Å². The van der Waals surface area contributed by atoms with Gasteiger partial charge in [0.1, 0.15) is 5.75 Å². The molecule has 4 aromatic heterocycles. The number of nitrogens with zero attached hydrogens (tertiary/aromatic N) is 9. The summed E-state index contributed by atoms with van der Waals surface area (Å²) in [6.45, 7) is 9.55. The van der Waals surface area contributed by atoms with Crippen molar-refractivity contribution >= 4 is 11.9 Å². The Morgan fingerprint density at radius 2 is 1.33 bits per heavy atom. The molecule has 6 heterocycles. The van der Waals surface area contributed by atoms with Gasteiger partial charge in [0.05, 0.1) is 6.61 Å². The number of pyridine rings is 2. The molecule has 0 amide bonds. The quantitative estimate of drug-likeness (QED) is 0.179. The lowest BCUT2D eigenvalue weighted by Gasteiger charge is -2.45. The molecular formula is C38H44N10O. The fourth-order valence-corrected chi connectivity index (χ4v) is 6.90. The number of benzene rings is 1. The van der Waals surface area contributed by atoms with E-state index in [9.17, 15) is 0 Å². The molecule has 2 saturated heterocycles. The second-order valence-electron chi connectivity index (χ2n) is 12.8. The van der Waals surface area contributed by atoms with Crippen LogP contribution in [0.4, 0.5) is 11.9 Å². The minimum atomic E-state index is 0.332. The third-order valence-electron chi connectivity index (χ3n) is 9.54. The van der Waals surface area contributed by atoms with Crippen LogP contribution in [0.1, 0.15) is 43.7 Å². The van der Waals surface area contributed by atoms with Crippen molar-refractivity contribution in [2.45, 2.75) is 58.2 Å². The predicted octanol–water partition coefficient (Wildman–Crippen LogP) is 6.06. The molecule has 0 aliphatic carbocycles. The van der Waals surface area contributed by atoms with Crippen molar-refractivity contribution < 1.29 is 4.74 Å². The summed E-state index contributed by atoms with van der Waals surface area (Å²) in [4.78, 5) is 32.6. The van der Waals surface area contributed by atoms with Crippen molar-refractivity contribution in [3.8, 4) is 28.0 Å². The molecule has 0 saturated carbocycles. The zero-order valence-corrected chi connectivity index (χ0v) is 28.3. The fourth-order valence-electron chi connectivity index (χ4n) is 6.90. The average Bonchev–Trinajstić information content (AvgIpc) is 3.16. The molecule has 0 radical (unpaired) electrons. The molecule has 2 fully saturated rings. The van der Waals surface area contributed by atoms with Crippen molar-refractivity contribution in [3.63, 3.8) is 0 Å².